The number of nitrogens with zero attached hydrogens (tertiary/aromatic N) is 1. The Bertz CT molecular complexity index is 846. The molecule has 3 rings (SSSR count). The Balaban J connectivity index is 1.66. The summed E-state index contributed by atoms with van der Waals surface area (Å²) < 4.78 is 5.42. The maximum atomic E-state index is 12.4. The van der Waals surface area contributed by atoms with Crippen molar-refractivity contribution in [1.82, 2.24) is 10.3 Å². The van der Waals surface area contributed by atoms with Crippen LogP contribution in [0.1, 0.15) is 28.4 Å². The number of rotatable bonds is 6. The highest BCUT2D eigenvalue weighted by atomic mass is 16.5. The van der Waals surface area contributed by atoms with E-state index in [0.717, 1.165) is 22.0 Å². The zero-order valence-electron chi connectivity index (χ0n) is 13.7. The molecule has 0 fully saturated rings. The lowest BCUT2D eigenvalue weighted by Crippen LogP contribution is -2.22. The zero-order valence-corrected chi connectivity index (χ0v) is 13.7. The van der Waals surface area contributed by atoms with Crippen molar-refractivity contribution in [3.63, 3.8) is 0 Å². The predicted octanol–water partition coefficient (Wildman–Crippen LogP) is 3.70. The van der Waals surface area contributed by atoms with Crippen LogP contribution in [0.25, 0.3) is 10.9 Å². The van der Waals surface area contributed by atoms with Gasteiger partial charge in [-0.1, -0.05) is 30.3 Å². The average Bonchev–Trinajstić information content (AvgIpc) is 2.64. The van der Waals surface area contributed by atoms with E-state index in [2.05, 4.69) is 16.4 Å². The Labute approximate surface area is 141 Å². The van der Waals surface area contributed by atoms with Gasteiger partial charge in [-0.15, -0.1) is 0 Å². The van der Waals surface area contributed by atoms with Crippen molar-refractivity contribution in [2.45, 2.75) is 20.1 Å². The minimum absolute atomic E-state index is 0.0871. The lowest BCUT2D eigenvalue weighted by Gasteiger charge is -2.08. The van der Waals surface area contributed by atoms with Crippen molar-refractivity contribution in [3.05, 3.63) is 77.5 Å². The van der Waals surface area contributed by atoms with E-state index in [9.17, 15) is 4.79 Å². The van der Waals surface area contributed by atoms with Gasteiger partial charge in [0.15, 0.2) is 0 Å². The van der Waals surface area contributed by atoms with Gasteiger partial charge in [-0.2, -0.15) is 0 Å². The highest BCUT2D eigenvalue weighted by Crippen LogP contribution is 2.13. The van der Waals surface area contributed by atoms with E-state index >= 15 is 0 Å². The van der Waals surface area contributed by atoms with Crippen LogP contribution < -0.4 is 5.32 Å². The second-order valence-electron chi connectivity index (χ2n) is 5.55. The number of pyridine rings is 1. The van der Waals surface area contributed by atoms with Crippen molar-refractivity contribution >= 4 is 16.8 Å². The molecule has 0 unspecified atom stereocenters. The van der Waals surface area contributed by atoms with E-state index in [4.69, 9.17) is 4.74 Å². The number of benzene rings is 2. The third-order valence-electron chi connectivity index (χ3n) is 3.78. The van der Waals surface area contributed by atoms with Gasteiger partial charge in [0, 0.05) is 30.3 Å². The van der Waals surface area contributed by atoms with Crippen molar-refractivity contribution in [2.75, 3.05) is 6.61 Å². The summed E-state index contributed by atoms with van der Waals surface area (Å²) in [5.74, 6) is -0.0871. The van der Waals surface area contributed by atoms with E-state index in [0.29, 0.717) is 25.3 Å². The van der Waals surface area contributed by atoms with Crippen LogP contribution in [0.4, 0.5) is 0 Å². The first-order valence-corrected chi connectivity index (χ1v) is 8.05. The quantitative estimate of drug-likeness (QED) is 0.753. The van der Waals surface area contributed by atoms with E-state index in [-0.39, 0.29) is 5.91 Å². The Hall–Kier alpha value is -2.72. The summed E-state index contributed by atoms with van der Waals surface area (Å²) in [4.78, 5) is 16.6. The number of carbonyl (C=O) groups excluding carboxylic acids is 1. The van der Waals surface area contributed by atoms with Crippen LogP contribution in [0.15, 0.2) is 60.8 Å². The maximum Gasteiger partial charge on any atom is 0.251 e. The SMILES string of the molecule is CCOCc1cccc(CNC(=O)c2ccc3ncccc3c2)c1. The fourth-order valence-corrected chi connectivity index (χ4v) is 2.55. The van der Waals surface area contributed by atoms with Crippen LogP contribution in [-0.2, 0) is 17.9 Å². The van der Waals surface area contributed by atoms with Crippen LogP contribution in [0.5, 0.6) is 0 Å². The summed E-state index contributed by atoms with van der Waals surface area (Å²) in [6.45, 7) is 3.75. The van der Waals surface area contributed by atoms with Crippen LogP contribution in [0.2, 0.25) is 0 Å². The number of hydrogen-bond acceptors (Lipinski definition) is 3. The third-order valence-corrected chi connectivity index (χ3v) is 3.78. The largest absolute Gasteiger partial charge is 0.377 e. The van der Waals surface area contributed by atoms with Gasteiger partial charge in [0.25, 0.3) is 5.91 Å². The number of aromatic nitrogens is 1. The minimum atomic E-state index is -0.0871. The molecule has 1 N–H and O–H groups in total. The van der Waals surface area contributed by atoms with Gasteiger partial charge < -0.3 is 10.1 Å². The van der Waals surface area contributed by atoms with Gasteiger partial charge in [-0.05, 0) is 42.3 Å². The zero-order chi connectivity index (χ0) is 16.8. The summed E-state index contributed by atoms with van der Waals surface area (Å²) in [6, 6.07) is 17.4. The number of nitrogens with one attached hydrogen (secondary N) is 1. The number of amides is 1. The van der Waals surface area contributed by atoms with Crippen molar-refractivity contribution in [2.24, 2.45) is 0 Å². The van der Waals surface area contributed by atoms with E-state index in [1.807, 2.05) is 49.4 Å². The Morgan fingerprint density at radius 1 is 1.08 bits per heavy atom. The van der Waals surface area contributed by atoms with Gasteiger partial charge in [0.1, 0.15) is 0 Å². The Kier molecular flexibility index (Phi) is 5.18. The summed E-state index contributed by atoms with van der Waals surface area (Å²) >= 11 is 0. The molecule has 1 aromatic heterocycles. The van der Waals surface area contributed by atoms with Gasteiger partial charge in [-0.25, -0.2) is 0 Å². The molecule has 4 nitrogen and oxygen atoms in total. The highest BCUT2D eigenvalue weighted by molar-refractivity contribution is 5.97. The fraction of sp³-hybridized carbons (Fsp3) is 0.200. The molecule has 0 spiro atoms. The average molecular weight is 320 g/mol. The Morgan fingerprint density at radius 2 is 1.96 bits per heavy atom. The summed E-state index contributed by atoms with van der Waals surface area (Å²) in [5, 5.41) is 3.93. The minimum Gasteiger partial charge on any atom is -0.377 e. The number of ether oxygens (including phenoxy) is 1. The first-order valence-electron chi connectivity index (χ1n) is 8.05. The van der Waals surface area contributed by atoms with Crippen molar-refractivity contribution < 1.29 is 9.53 Å². The molecule has 0 aliphatic heterocycles. The van der Waals surface area contributed by atoms with Gasteiger partial charge in [-0.3, -0.25) is 9.78 Å². The normalized spacial score (nSPS) is 10.7. The lowest BCUT2D eigenvalue weighted by atomic mass is 10.1. The van der Waals surface area contributed by atoms with Crippen LogP contribution in [0, 0.1) is 0 Å². The molecular formula is C20H20N2O2. The molecule has 4 heteroatoms. The molecule has 0 bridgehead atoms. The van der Waals surface area contributed by atoms with Gasteiger partial charge in [0.2, 0.25) is 0 Å². The molecule has 0 aliphatic carbocycles. The summed E-state index contributed by atoms with van der Waals surface area (Å²) in [7, 11) is 0. The second-order valence-corrected chi connectivity index (χ2v) is 5.55. The molecule has 1 heterocycles. The van der Waals surface area contributed by atoms with Crippen molar-refractivity contribution in [3.8, 4) is 0 Å². The first kappa shape index (κ1) is 16.1. The lowest BCUT2D eigenvalue weighted by molar-refractivity contribution is 0.0951. The van der Waals surface area contributed by atoms with Crippen LogP contribution in [-0.4, -0.2) is 17.5 Å². The fourth-order valence-electron chi connectivity index (χ4n) is 2.55. The molecule has 3 aromatic rings. The van der Waals surface area contributed by atoms with Crippen molar-refractivity contribution in [1.29, 1.82) is 0 Å². The van der Waals surface area contributed by atoms with E-state index < -0.39 is 0 Å². The monoisotopic (exact) mass is 320 g/mol. The molecule has 0 saturated carbocycles. The molecular weight excluding hydrogens is 300 g/mol. The third kappa shape index (κ3) is 3.97. The molecule has 0 aliphatic rings. The molecule has 2 aromatic carbocycles. The molecule has 24 heavy (non-hydrogen) atoms. The number of carbonyl (C=O) groups is 1. The van der Waals surface area contributed by atoms with Gasteiger partial charge in [0.05, 0.1) is 12.1 Å². The number of fused-ring (bicyclic) bond motifs is 1. The molecule has 0 atom stereocenters. The van der Waals surface area contributed by atoms with Crippen LogP contribution >= 0.6 is 0 Å². The highest BCUT2D eigenvalue weighted by Gasteiger charge is 2.07. The summed E-state index contributed by atoms with van der Waals surface area (Å²) in [5.41, 5.74) is 3.70. The number of hydrogen-bond donors (Lipinski definition) is 1. The second kappa shape index (κ2) is 7.70. The van der Waals surface area contributed by atoms with Crippen LogP contribution in [0.3, 0.4) is 0 Å². The summed E-state index contributed by atoms with van der Waals surface area (Å²) in [6.07, 6.45) is 1.75. The topological polar surface area (TPSA) is 51.2 Å². The maximum absolute atomic E-state index is 12.4. The molecule has 1 amide bonds. The molecule has 122 valence electrons. The molecule has 0 saturated heterocycles. The van der Waals surface area contributed by atoms with E-state index in [1.165, 1.54) is 0 Å². The first-order chi connectivity index (χ1) is 11.8. The standard InChI is InChI=1S/C20H20N2O2/c1-2-24-14-16-6-3-5-15(11-16)13-22-20(23)18-8-9-19-17(12-18)7-4-10-21-19/h3-12H,2,13-14H2,1H3,(H,22,23). The predicted molar refractivity (Wildman–Crippen MR) is 94.7 cm³/mol. The van der Waals surface area contributed by atoms with Gasteiger partial charge >= 0.3 is 0 Å². The molecule has 0 radical (unpaired) electrons. The van der Waals surface area contributed by atoms with E-state index in [1.54, 1.807) is 12.3 Å². The Morgan fingerprint density at radius 3 is 2.83 bits per heavy atom. The smallest absolute Gasteiger partial charge is 0.251 e.